The average molecular weight is 286 g/mol. The van der Waals surface area contributed by atoms with Gasteiger partial charge >= 0.3 is 0 Å². The van der Waals surface area contributed by atoms with E-state index in [1.54, 1.807) is 17.0 Å². The average Bonchev–Trinajstić information content (AvgIpc) is 3.04. The van der Waals surface area contributed by atoms with E-state index in [9.17, 15) is 9.59 Å². The molecule has 0 fully saturated rings. The standard InChI is InChI=1S/C15H14N2O4/c18-14-10-21-12-5-2-1-4-11(12)17(14)8-7-16-15(19)13-6-3-9-20-13/h1-6,9H,7-8,10H2,(H,16,19). The first-order chi connectivity index (χ1) is 10.3. The first-order valence-electron chi connectivity index (χ1n) is 6.59. The summed E-state index contributed by atoms with van der Waals surface area (Å²) < 4.78 is 10.4. The Bertz CT molecular complexity index is 651. The predicted molar refractivity (Wildman–Crippen MR) is 75.3 cm³/mol. The number of para-hydroxylation sites is 2. The molecule has 0 saturated heterocycles. The Hall–Kier alpha value is -2.76. The summed E-state index contributed by atoms with van der Waals surface area (Å²) in [5.41, 5.74) is 0.723. The molecule has 0 unspecified atom stereocenters. The van der Waals surface area contributed by atoms with E-state index < -0.39 is 0 Å². The highest BCUT2D eigenvalue weighted by Gasteiger charge is 2.24. The van der Waals surface area contributed by atoms with E-state index in [4.69, 9.17) is 9.15 Å². The molecule has 0 bridgehead atoms. The van der Waals surface area contributed by atoms with Gasteiger partial charge in [-0.05, 0) is 24.3 Å². The van der Waals surface area contributed by atoms with Crippen molar-refractivity contribution in [2.24, 2.45) is 0 Å². The van der Waals surface area contributed by atoms with Gasteiger partial charge in [-0.1, -0.05) is 12.1 Å². The minimum atomic E-state index is -0.297. The molecular formula is C15H14N2O4. The second-order valence-electron chi connectivity index (χ2n) is 4.53. The molecule has 2 aromatic rings. The van der Waals surface area contributed by atoms with E-state index in [0.29, 0.717) is 18.8 Å². The van der Waals surface area contributed by atoms with E-state index in [1.807, 2.05) is 24.3 Å². The van der Waals surface area contributed by atoms with Gasteiger partial charge in [0.05, 0.1) is 12.0 Å². The van der Waals surface area contributed by atoms with Gasteiger partial charge < -0.3 is 19.4 Å². The third-order valence-electron chi connectivity index (χ3n) is 3.17. The third kappa shape index (κ3) is 2.74. The summed E-state index contributed by atoms with van der Waals surface area (Å²) in [6.07, 6.45) is 1.44. The number of hydrogen-bond acceptors (Lipinski definition) is 4. The van der Waals surface area contributed by atoms with Crippen LogP contribution >= 0.6 is 0 Å². The largest absolute Gasteiger partial charge is 0.482 e. The zero-order valence-corrected chi connectivity index (χ0v) is 11.2. The second kappa shape index (κ2) is 5.70. The molecule has 21 heavy (non-hydrogen) atoms. The van der Waals surface area contributed by atoms with E-state index in [-0.39, 0.29) is 24.2 Å². The van der Waals surface area contributed by atoms with Crippen LogP contribution in [0.3, 0.4) is 0 Å². The molecule has 108 valence electrons. The molecule has 1 aromatic heterocycles. The lowest BCUT2D eigenvalue weighted by Gasteiger charge is -2.29. The second-order valence-corrected chi connectivity index (χ2v) is 4.53. The fraction of sp³-hybridized carbons (Fsp3) is 0.200. The fourth-order valence-corrected chi connectivity index (χ4v) is 2.18. The molecule has 2 heterocycles. The van der Waals surface area contributed by atoms with Crippen molar-refractivity contribution in [3.05, 3.63) is 48.4 Å². The fourth-order valence-electron chi connectivity index (χ4n) is 2.18. The van der Waals surface area contributed by atoms with Gasteiger partial charge in [-0.15, -0.1) is 0 Å². The van der Waals surface area contributed by atoms with Gasteiger partial charge in [0.15, 0.2) is 12.4 Å². The maximum Gasteiger partial charge on any atom is 0.287 e. The van der Waals surface area contributed by atoms with Crippen molar-refractivity contribution < 1.29 is 18.7 Å². The molecule has 0 spiro atoms. The molecule has 3 rings (SSSR count). The Kier molecular flexibility index (Phi) is 3.59. The smallest absolute Gasteiger partial charge is 0.287 e. The highest BCUT2D eigenvalue weighted by atomic mass is 16.5. The number of hydrogen-bond donors (Lipinski definition) is 1. The van der Waals surface area contributed by atoms with Crippen LogP contribution in [0.15, 0.2) is 47.1 Å². The molecule has 2 amide bonds. The van der Waals surface area contributed by atoms with E-state index >= 15 is 0 Å². The van der Waals surface area contributed by atoms with Crippen LogP contribution in [0.5, 0.6) is 5.75 Å². The number of furan rings is 1. The van der Waals surface area contributed by atoms with Gasteiger partial charge in [0.2, 0.25) is 0 Å². The van der Waals surface area contributed by atoms with Gasteiger partial charge in [0, 0.05) is 13.1 Å². The Morgan fingerprint density at radius 2 is 2.10 bits per heavy atom. The van der Waals surface area contributed by atoms with Crippen LogP contribution in [0.2, 0.25) is 0 Å². The highest BCUT2D eigenvalue weighted by molar-refractivity contribution is 5.98. The summed E-state index contributed by atoms with van der Waals surface area (Å²) in [4.78, 5) is 25.3. The number of benzene rings is 1. The number of carbonyl (C=O) groups excluding carboxylic acids is 2. The van der Waals surface area contributed by atoms with Crippen LogP contribution in [0.4, 0.5) is 5.69 Å². The Labute approximate surface area is 121 Å². The summed E-state index contributed by atoms with van der Waals surface area (Å²) >= 11 is 0. The highest BCUT2D eigenvalue weighted by Crippen LogP contribution is 2.30. The molecule has 6 nitrogen and oxygen atoms in total. The van der Waals surface area contributed by atoms with Crippen LogP contribution in [0.25, 0.3) is 0 Å². The van der Waals surface area contributed by atoms with Gasteiger partial charge in [0.1, 0.15) is 5.75 Å². The minimum Gasteiger partial charge on any atom is -0.482 e. The monoisotopic (exact) mass is 286 g/mol. The zero-order chi connectivity index (χ0) is 14.7. The lowest BCUT2D eigenvalue weighted by Crippen LogP contribution is -2.43. The number of ether oxygens (including phenoxy) is 1. The zero-order valence-electron chi connectivity index (χ0n) is 11.2. The topological polar surface area (TPSA) is 71.8 Å². The SMILES string of the molecule is O=C(NCCN1C(=O)COc2ccccc21)c1ccco1. The molecular weight excluding hydrogens is 272 g/mol. The summed E-state index contributed by atoms with van der Waals surface area (Å²) in [6, 6.07) is 10.6. The summed E-state index contributed by atoms with van der Waals surface area (Å²) in [7, 11) is 0. The van der Waals surface area contributed by atoms with Gasteiger partial charge in [0.25, 0.3) is 11.8 Å². The van der Waals surface area contributed by atoms with E-state index in [1.165, 1.54) is 6.26 Å². The van der Waals surface area contributed by atoms with Crippen LogP contribution in [-0.4, -0.2) is 31.5 Å². The number of nitrogens with one attached hydrogen (secondary N) is 1. The summed E-state index contributed by atoms with van der Waals surface area (Å²) in [6.45, 7) is 0.731. The number of fused-ring (bicyclic) bond motifs is 1. The normalized spacial score (nSPS) is 13.5. The lowest BCUT2D eigenvalue weighted by atomic mass is 10.2. The van der Waals surface area contributed by atoms with Crippen LogP contribution in [0.1, 0.15) is 10.6 Å². The molecule has 1 N–H and O–H groups in total. The summed E-state index contributed by atoms with van der Waals surface area (Å²) in [5, 5.41) is 2.72. The third-order valence-corrected chi connectivity index (χ3v) is 3.17. The maximum atomic E-state index is 11.9. The summed E-state index contributed by atoms with van der Waals surface area (Å²) in [5.74, 6) is 0.508. The van der Waals surface area contributed by atoms with Crippen molar-refractivity contribution in [2.75, 3.05) is 24.6 Å². The maximum absolute atomic E-state index is 11.9. The molecule has 0 atom stereocenters. The molecule has 6 heteroatoms. The van der Waals surface area contributed by atoms with E-state index in [2.05, 4.69) is 5.32 Å². The lowest BCUT2D eigenvalue weighted by molar-refractivity contribution is -0.121. The van der Waals surface area contributed by atoms with E-state index in [0.717, 1.165) is 5.69 Å². The Balaban J connectivity index is 1.63. The number of anilines is 1. The minimum absolute atomic E-state index is 0.0170. The van der Waals surface area contributed by atoms with Crippen LogP contribution in [0, 0.1) is 0 Å². The van der Waals surface area contributed by atoms with Crippen molar-refractivity contribution in [1.29, 1.82) is 0 Å². The Morgan fingerprint density at radius 3 is 2.90 bits per heavy atom. The van der Waals surface area contributed by atoms with Crippen LogP contribution in [-0.2, 0) is 4.79 Å². The molecule has 1 aliphatic heterocycles. The predicted octanol–water partition coefficient (Wildman–Crippen LogP) is 1.43. The van der Waals surface area contributed by atoms with Crippen LogP contribution < -0.4 is 15.0 Å². The van der Waals surface area contributed by atoms with Crippen molar-refractivity contribution in [1.82, 2.24) is 5.32 Å². The molecule has 0 aliphatic carbocycles. The van der Waals surface area contributed by atoms with Crippen molar-refractivity contribution in [2.45, 2.75) is 0 Å². The Morgan fingerprint density at radius 1 is 1.24 bits per heavy atom. The molecule has 1 aliphatic rings. The van der Waals surface area contributed by atoms with Crippen molar-refractivity contribution in [3.8, 4) is 5.75 Å². The number of nitrogens with zero attached hydrogens (tertiary/aromatic N) is 1. The van der Waals surface area contributed by atoms with Gasteiger partial charge in [-0.2, -0.15) is 0 Å². The van der Waals surface area contributed by atoms with Crippen molar-refractivity contribution in [3.63, 3.8) is 0 Å². The van der Waals surface area contributed by atoms with Gasteiger partial charge in [-0.3, -0.25) is 9.59 Å². The number of carbonyl (C=O) groups is 2. The van der Waals surface area contributed by atoms with Gasteiger partial charge in [-0.25, -0.2) is 0 Å². The first-order valence-corrected chi connectivity index (χ1v) is 6.59. The molecule has 1 aromatic carbocycles. The number of rotatable bonds is 4. The molecule has 0 saturated carbocycles. The van der Waals surface area contributed by atoms with Crippen molar-refractivity contribution >= 4 is 17.5 Å². The quantitative estimate of drug-likeness (QED) is 0.923. The first kappa shape index (κ1) is 13.2. The number of amides is 2. The molecule has 0 radical (unpaired) electrons.